The van der Waals surface area contributed by atoms with Gasteiger partial charge in [-0.3, -0.25) is 4.79 Å². The lowest BCUT2D eigenvalue weighted by Gasteiger charge is -2.19. The van der Waals surface area contributed by atoms with Crippen molar-refractivity contribution < 1.29 is 29.6 Å². The molecule has 0 aliphatic carbocycles. The van der Waals surface area contributed by atoms with Crippen LogP contribution in [0.25, 0.3) is 0 Å². The van der Waals surface area contributed by atoms with Crippen molar-refractivity contribution in [3.63, 3.8) is 0 Å². The highest BCUT2D eigenvalue weighted by molar-refractivity contribution is 5.91. The van der Waals surface area contributed by atoms with Gasteiger partial charge in [0.25, 0.3) is 0 Å². The van der Waals surface area contributed by atoms with Gasteiger partial charge in [-0.2, -0.15) is 0 Å². The van der Waals surface area contributed by atoms with Crippen LogP contribution in [0, 0.1) is 0 Å². The molecule has 162 valence electrons. The molecule has 0 radical (unpaired) electrons. The highest BCUT2D eigenvalue weighted by Crippen LogP contribution is 2.12. The third-order valence-electron chi connectivity index (χ3n) is 4.14. The van der Waals surface area contributed by atoms with Gasteiger partial charge in [-0.05, 0) is 36.2 Å². The number of para-hydroxylation sites is 1. The molecule has 0 saturated heterocycles. The molecule has 2 aromatic carbocycles. The van der Waals surface area contributed by atoms with Crippen molar-refractivity contribution in [2.24, 2.45) is 0 Å². The summed E-state index contributed by atoms with van der Waals surface area (Å²) in [5, 5.41) is 36.1. The minimum Gasteiger partial charge on any atom is -0.491 e. The molecule has 0 heterocycles. The molecule has 0 aliphatic rings. The van der Waals surface area contributed by atoms with E-state index in [-0.39, 0.29) is 25.8 Å². The van der Waals surface area contributed by atoms with Crippen LogP contribution in [-0.4, -0.2) is 65.8 Å². The van der Waals surface area contributed by atoms with Gasteiger partial charge in [-0.1, -0.05) is 30.3 Å². The molecular weight excluding hydrogens is 390 g/mol. The Morgan fingerprint density at radius 1 is 1.03 bits per heavy atom. The number of anilines is 1. The molecule has 0 unspecified atom stereocenters. The third kappa shape index (κ3) is 8.91. The third-order valence-corrected chi connectivity index (χ3v) is 4.14. The highest BCUT2D eigenvalue weighted by atomic mass is 16.5. The van der Waals surface area contributed by atoms with Crippen LogP contribution in [0.1, 0.15) is 5.56 Å². The zero-order chi connectivity index (χ0) is 21.8. The zero-order valence-corrected chi connectivity index (χ0v) is 16.5. The van der Waals surface area contributed by atoms with E-state index in [4.69, 9.17) is 9.84 Å². The first kappa shape index (κ1) is 23.1. The molecular formula is C21H27N3O6. The Balaban J connectivity index is 1.74. The number of nitrogens with one attached hydrogen (secondary N) is 3. The number of benzene rings is 2. The number of aliphatic hydroxyl groups is 2. The summed E-state index contributed by atoms with van der Waals surface area (Å²) in [6.45, 7) is -0.166. The van der Waals surface area contributed by atoms with Gasteiger partial charge in [0.05, 0.1) is 6.61 Å². The van der Waals surface area contributed by atoms with Crippen LogP contribution in [0.2, 0.25) is 0 Å². The zero-order valence-electron chi connectivity index (χ0n) is 16.5. The van der Waals surface area contributed by atoms with Gasteiger partial charge in [0.15, 0.2) is 0 Å². The Morgan fingerprint density at radius 3 is 2.37 bits per heavy atom. The van der Waals surface area contributed by atoms with Gasteiger partial charge < -0.3 is 36.0 Å². The molecule has 2 aromatic rings. The number of carboxylic acids is 1. The maximum atomic E-state index is 11.6. The Hall–Kier alpha value is -3.14. The number of hydrogen-bond acceptors (Lipinski definition) is 6. The summed E-state index contributed by atoms with van der Waals surface area (Å²) in [7, 11) is 0. The molecule has 2 amide bonds. The average Bonchev–Trinajstić information content (AvgIpc) is 2.75. The summed E-state index contributed by atoms with van der Waals surface area (Å²) in [5.41, 5.74) is 1.44. The predicted molar refractivity (Wildman–Crippen MR) is 112 cm³/mol. The Labute approximate surface area is 174 Å². The number of carbonyl (C=O) groups excluding carboxylic acids is 1. The van der Waals surface area contributed by atoms with Crippen molar-refractivity contribution in [2.75, 3.05) is 31.6 Å². The van der Waals surface area contributed by atoms with Crippen LogP contribution < -0.4 is 20.7 Å². The minimum atomic E-state index is -1.13. The first-order chi connectivity index (χ1) is 14.5. The standard InChI is InChI=1S/C21H27N3O6/c25-13-17(22-11-18(26)14-30-19-4-2-1-3-5-19)10-15-6-8-16(9-7-15)24-21(29)23-12-20(27)28/h1-9,17-18,22,25-26H,10-14H2,(H,27,28)(H2,23,24,29)/t17-,18-/m0/s1. The van der Waals surface area contributed by atoms with Gasteiger partial charge in [0, 0.05) is 18.3 Å². The predicted octanol–water partition coefficient (Wildman–Crippen LogP) is 0.826. The van der Waals surface area contributed by atoms with Crippen molar-refractivity contribution in [3.05, 3.63) is 60.2 Å². The van der Waals surface area contributed by atoms with Crippen molar-refractivity contribution in [2.45, 2.75) is 18.6 Å². The number of ether oxygens (including phenoxy) is 1. The van der Waals surface area contributed by atoms with E-state index in [9.17, 15) is 19.8 Å². The minimum absolute atomic E-state index is 0.107. The van der Waals surface area contributed by atoms with Crippen LogP contribution >= 0.6 is 0 Å². The molecule has 2 rings (SSSR count). The first-order valence-electron chi connectivity index (χ1n) is 9.52. The van der Waals surface area contributed by atoms with E-state index in [1.165, 1.54) is 0 Å². The highest BCUT2D eigenvalue weighted by Gasteiger charge is 2.12. The van der Waals surface area contributed by atoms with E-state index in [0.717, 1.165) is 5.56 Å². The summed E-state index contributed by atoms with van der Waals surface area (Å²) in [4.78, 5) is 22.0. The Morgan fingerprint density at radius 2 is 1.73 bits per heavy atom. The number of urea groups is 1. The molecule has 0 saturated carbocycles. The summed E-state index contributed by atoms with van der Waals surface area (Å²) in [5.74, 6) is -0.444. The largest absolute Gasteiger partial charge is 0.491 e. The summed E-state index contributed by atoms with van der Waals surface area (Å²) in [6, 6.07) is 15.3. The van der Waals surface area contributed by atoms with Crippen molar-refractivity contribution in [1.29, 1.82) is 0 Å². The van der Waals surface area contributed by atoms with Gasteiger partial charge in [0.1, 0.15) is 25.0 Å². The Kier molecular flexibility index (Phi) is 9.59. The van der Waals surface area contributed by atoms with Gasteiger partial charge in [-0.15, -0.1) is 0 Å². The summed E-state index contributed by atoms with van der Waals surface area (Å²) in [6.07, 6.45) is -0.205. The monoisotopic (exact) mass is 417 g/mol. The molecule has 9 heteroatoms. The number of carboxylic acid groups (broad SMARTS) is 1. The molecule has 9 nitrogen and oxygen atoms in total. The van der Waals surface area contributed by atoms with Crippen LogP contribution in [0.3, 0.4) is 0 Å². The van der Waals surface area contributed by atoms with Crippen molar-refractivity contribution in [3.8, 4) is 5.75 Å². The second kappa shape index (κ2) is 12.4. The molecule has 2 atom stereocenters. The van der Waals surface area contributed by atoms with Crippen LogP contribution in [0.5, 0.6) is 5.75 Å². The van der Waals surface area contributed by atoms with E-state index >= 15 is 0 Å². The normalized spacial score (nSPS) is 12.6. The van der Waals surface area contributed by atoms with Crippen molar-refractivity contribution >= 4 is 17.7 Å². The van der Waals surface area contributed by atoms with E-state index in [1.807, 2.05) is 30.3 Å². The number of carbonyl (C=O) groups is 2. The molecule has 6 N–H and O–H groups in total. The van der Waals surface area contributed by atoms with Crippen LogP contribution in [0.15, 0.2) is 54.6 Å². The molecule has 0 aromatic heterocycles. The maximum Gasteiger partial charge on any atom is 0.323 e. The fourth-order valence-electron chi connectivity index (χ4n) is 2.61. The van der Waals surface area contributed by atoms with E-state index < -0.39 is 24.6 Å². The molecule has 30 heavy (non-hydrogen) atoms. The van der Waals surface area contributed by atoms with Gasteiger partial charge in [-0.25, -0.2) is 4.79 Å². The van der Waals surface area contributed by atoms with E-state index in [1.54, 1.807) is 24.3 Å². The number of amides is 2. The lowest BCUT2D eigenvalue weighted by atomic mass is 10.1. The lowest BCUT2D eigenvalue weighted by Crippen LogP contribution is -2.41. The SMILES string of the molecule is O=C(O)CNC(=O)Nc1ccc(C[C@@H](CO)NC[C@H](O)COc2ccccc2)cc1. The number of hydrogen-bond donors (Lipinski definition) is 6. The smallest absolute Gasteiger partial charge is 0.323 e. The summed E-state index contributed by atoms with van der Waals surface area (Å²) < 4.78 is 5.50. The molecule has 0 bridgehead atoms. The number of rotatable bonds is 12. The topological polar surface area (TPSA) is 140 Å². The lowest BCUT2D eigenvalue weighted by molar-refractivity contribution is -0.135. The van der Waals surface area contributed by atoms with Gasteiger partial charge in [0.2, 0.25) is 0 Å². The van der Waals surface area contributed by atoms with Gasteiger partial charge >= 0.3 is 12.0 Å². The number of aliphatic hydroxyl groups excluding tert-OH is 2. The second-order valence-electron chi connectivity index (χ2n) is 6.67. The molecule has 0 spiro atoms. The fourth-order valence-corrected chi connectivity index (χ4v) is 2.61. The Bertz CT molecular complexity index is 785. The molecule has 0 fully saturated rings. The fraction of sp³-hybridized carbons (Fsp3) is 0.333. The van der Waals surface area contributed by atoms with E-state index in [2.05, 4.69) is 16.0 Å². The first-order valence-corrected chi connectivity index (χ1v) is 9.52. The van der Waals surface area contributed by atoms with Crippen LogP contribution in [0.4, 0.5) is 10.5 Å². The number of aliphatic carboxylic acids is 1. The average molecular weight is 417 g/mol. The van der Waals surface area contributed by atoms with Crippen LogP contribution in [-0.2, 0) is 11.2 Å². The second-order valence-corrected chi connectivity index (χ2v) is 6.67. The summed E-state index contributed by atoms with van der Waals surface area (Å²) >= 11 is 0. The van der Waals surface area contributed by atoms with E-state index in [0.29, 0.717) is 17.9 Å². The van der Waals surface area contributed by atoms with Crippen molar-refractivity contribution in [1.82, 2.24) is 10.6 Å². The maximum absolute atomic E-state index is 11.6. The quantitative estimate of drug-likeness (QED) is 0.300. The molecule has 0 aliphatic heterocycles.